The van der Waals surface area contributed by atoms with Crippen LogP contribution in [0.1, 0.15) is 91.9 Å². The Balaban J connectivity index is 0.00000341. The molecule has 1 unspecified atom stereocenters. The summed E-state index contributed by atoms with van der Waals surface area (Å²) in [6.07, 6.45) is 14.0. The zero-order valence-electron chi connectivity index (χ0n) is 21.4. The Kier molecular flexibility index (Phi) is 16.2. The van der Waals surface area contributed by atoms with Crippen molar-refractivity contribution in [3.05, 3.63) is 35.5 Å². The molecular formula is C27H44O3Y3. The third kappa shape index (κ3) is 9.28. The minimum Gasteiger partial charge on any atom is -0.390 e. The van der Waals surface area contributed by atoms with Gasteiger partial charge in [-0.05, 0) is 94.0 Å². The largest absolute Gasteiger partial charge is 0.390 e. The predicted octanol–water partition coefficient (Wildman–Crippen LogP) is 5.70. The van der Waals surface area contributed by atoms with Gasteiger partial charge in [0.15, 0.2) is 0 Å². The topological polar surface area (TPSA) is 60.7 Å². The number of fused-ring (bicyclic) bond motifs is 1. The van der Waals surface area contributed by atoms with Gasteiger partial charge in [0.2, 0.25) is 0 Å². The SMILES string of the molecule is C=C1[C@H](O)CC(=C/C=C2\CCC[C@]3(C)C([C@@H](C)CCCC(C)(C)O)CC[C@@H]23)C[C@H]1O.[Y].[Y].[Y]. The molecule has 0 aromatic rings. The van der Waals surface area contributed by atoms with Crippen LogP contribution in [0.15, 0.2) is 35.5 Å². The van der Waals surface area contributed by atoms with Gasteiger partial charge in [-0.3, -0.25) is 0 Å². The number of allylic oxidation sites excluding steroid dienone is 3. The van der Waals surface area contributed by atoms with Gasteiger partial charge < -0.3 is 15.3 Å². The van der Waals surface area contributed by atoms with Crippen molar-refractivity contribution in [2.24, 2.45) is 23.2 Å². The third-order valence-corrected chi connectivity index (χ3v) is 8.47. The molecule has 3 radical (unpaired) electrons. The van der Waals surface area contributed by atoms with Crippen LogP contribution in [-0.4, -0.2) is 33.1 Å². The number of hydrogen-bond donors (Lipinski definition) is 3. The first kappa shape index (κ1) is 35.4. The van der Waals surface area contributed by atoms with Crippen molar-refractivity contribution < 1.29 is 113 Å². The van der Waals surface area contributed by atoms with Crippen LogP contribution < -0.4 is 0 Å². The maximum atomic E-state index is 10.1. The first-order chi connectivity index (χ1) is 14.0. The molecule has 0 bridgehead atoms. The van der Waals surface area contributed by atoms with Gasteiger partial charge in [0.1, 0.15) is 0 Å². The quantitative estimate of drug-likeness (QED) is 0.316. The number of aliphatic hydroxyl groups excluding tert-OH is 2. The summed E-state index contributed by atoms with van der Waals surface area (Å²) in [4.78, 5) is 0. The maximum Gasteiger partial charge on any atom is 0.0809 e. The predicted molar refractivity (Wildman–Crippen MR) is 124 cm³/mol. The van der Waals surface area contributed by atoms with Crippen LogP contribution >= 0.6 is 0 Å². The fraction of sp³-hybridized carbons (Fsp3) is 0.778. The summed E-state index contributed by atoms with van der Waals surface area (Å²) in [5, 5.41) is 30.3. The maximum absolute atomic E-state index is 10.1. The second-order valence-electron chi connectivity index (χ2n) is 11.4. The van der Waals surface area contributed by atoms with E-state index >= 15 is 0 Å². The summed E-state index contributed by atoms with van der Waals surface area (Å²) in [6.45, 7) is 12.6. The summed E-state index contributed by atoms with van der Waals surface area (Å²) in [7, 11) is 0. The van der Waals surface area contributed by atoms with E-state index in [1.54, 1.807) is 5.57 Å². The van der Waals surface area contributed by atoms with Gasteiger partial charge in [-0.1, -0.05) is 56.6 Å². The van der Waals surface area contributed by atoms with Crippen LogP contribution in [0, 0.1) is 23.2 Å². The second kappa shape index (κ2) is 15.1. The molecular weight excluding hydrogens is 639 g/mol. The van der Waals surface area contributed by atoms with Gasteiger partial charge in [-0.2, -0.15) is 0 Å². The van der Waals surface area contributed by atoms with Crippen LogP contribution in [0.3, 0.4) is 0 Å². The van der Waals surface area contributed by atoms with Crippen molar-refractivity contribution in [3.8, 4) is 0 Å². The molecule has 3 nitrogen and oxygen atoms in total. The molecule has 0 spiro atoms. The molecule has 0 heterocycles. The molecule has 6 atom stereocenters. The molecule has 33 heavy (non-hydrogen) atoms. The Morgan fingerprint density at radius 2 is 1.70 bits per heavy atom. The van der Waals surface area contributed by atoms with Crippen molar-refractivity contribution in [2.75, 3.05) is 0 Å². The van der Waals surface area contributed by atoms with Gasteiger partial charge in [-0.15, -0.1) is 0 Å². The molecule has 3 N–H and O–H groups in total. The van der Waals surface area contributed by atoms with E-state index in [0.717, 1.165) is 24.3 Å². The van der Waals surface area contributed by atoms with Crippen LogP contribution in [0.4, 0.5) is 0 Å². The van der Waals surface area contributed by atoms with Gasteiger partial charge in [0.05, 0.1) is 17.8 Å². The molecule has 0 aromatic heterocycles. The molecule has 6 heteroatoms. The Morgan fingerprint density at radius 3 is 2.27 bits per heavy atom. The van der Waals surface area contributed by atoms with Crippen molar-refractivity contribution in [1.29, 1.82) is 0 Å². The standard InChI is InChI=1S/C27H44O3.3Y/c1-18(8-6-14-26(3,4)30)22-12-13-23-21(9-7-15-27(22,23)5)11-10-20-16-24(28)19(2)25(29)17-20;;;/h10-11,18,22-25,28-30H,2,6-9,12-17H2,1,3-5H3;;;/b21-11+;;;/t18-,22?,23-,24+,25+,27+;;;/m0.../s1. The van der Waals surface area contributed by atoms with E-state index < -0.39 is 17.8 Å². The second-order valence-corrected chi connectivity index (χ2v) is 11.4. The molecule has 0 amide bonds. The molecule has 0 saturated heterocycles. The first-order valence-electron chi connectivity index (χ1n) is 12.2. The molecule has 3 aliphatic rings. The summed E-state index contributed by atoms with van der Waals surface area (Å²) in [6, 6.07) is 0. The van der Waals surface area contributed by atoms with Gasteiger partial charge in [0.25, 0.3) is 0 Å². The van der Waals surface area contributed by atoms with Crippen LogP contribution in [0.2, 0.25) is 0 Å². The van der Waals surface area contributed by atoms with Crippen molar-refractivity contribution in [1.82, 2.24) is 0 Å². The normalized spacial score (nSPS) is 34.0. The van der Waals surface area contributed by atoms with Crippen LogP contribution in [0.5, 0.6) is 0 Å². The van der Waals surface area contributed by atoms with Crippen molar-refractivity contribution >= 4 is 0 Å². The van der Waals surface area contributed by atoms with Gasteiger partial charge in [-0.25, -0.2) is 0 Å². The van der Waals surface area contributed by atoms with E-state index in [1.807, 2.05) is 13.8 Å². The number of hydrogen-bond acceptors (Lipinski definition) is 3. The van der Waals surface area contributed by atoms with E-state index in [-0.39, 0.29) is 98.1 Å². The van der Waals surface area contributed by atoms with E-state index in [0.29, 0.717) is 35.7 Å². The molecule has 3 fully saturated rings. The Bertz CT molecular complexity index is 681. The molecule has 179 valence electrons. The molecule has 0 aromatic carbocycles. The van der Waals surface area contributed by atoms with E-state index in [2.05, 4.69) is 32.6 Å². The smallest absolute Gasteiger partial charge is 0.0809 e. The van der Waals surface area contributed by atoms with E-state index in [9.17, 15) is 15.3 Å². The summed E-state index contributed by atoms with van der Waals surface area (Å²) in [5.41, 5.74) is 3.11. The van der Waals surface area contributed by atoms with Crippen molar-refractivity contribution in [2.45, 2.75) is 110 Å². The Morgan fingerprint density at radius 1 is 1.09 bits per heavy atom. The van der Waals surface area contributed by atoms with Crippen molar-refractivity contribution in [3.63, 3.8) is 0 Å². The van der Waals surface area contributed by atoms with Gasteiger partial charge in [0, 0.05) is 98.1 Å². The molecule has 3 saturated carbocycles. The van der Waals surface area contributed by atoms with Gasteiger partial charge >= 0.3 is 0 Å². The third-order valence-electron chi connectivity index (χ3n) is 8.47. The number of aliphatic hydroxyl groups is 3. The molecule has 3 aliphatic carbocycles. The Labute approximate surface area is 278 Å². The minimum atomic E-state index is -0.615. The van der Waals surface area contributed by atoms with E-state index in [1.165, 1.54) is 38.5 Å². The zero-order valence-corrected chi connectivity index (χ0v) is 29.9. The summed E-state index contributed by atoms with van der Waals surface area (Å²) < 4.78 is 0. The fourth-order valence-electron chi connectivity index (χ4n) is 6.70. The van der Waals surface area contributed by atoms with E-state index in [4.69, 9.17) is 0 Å². The zero-order chi connectivity index (χ0) is 22.1. The molecule has 0 aliphatic heterocycles. The summed E-state index contributed by atoms with van der Waals surface area (Å²) >= 11 is 0. The number of rotatable bonds is 6. The average molecular weight is 683 g/mol. The molecule has 3 rings (SSSR count). The average Bonchev–Trinajstić information content (AvgIpc) is 3.00. The fourth-order valence-corrected chi connectivity index (χ4v) is 6.70. The minimum absolute atomic E-state index is 0. The van der Waals surface area contributed by atoms with Crippen LogP contribution in [-0.2, 0) is 98.1 Å². The van der Waals surface area contributed by atoms with Crippen LogP contribution in [0.25, 0.3) is 0 Å². The Hall–Kier alpha value is 2.41. The monoisotopic (exact) mass is 683 g/mol. The summed E-state index contributed by atoms with van der Waals surface area (Å²) in [5.74, 6) is 2.13. The first-order valence-corrected chi connectivity index (χ1v) is 12.2.